The number of hydrogen-bond donors (Lipinski definition) is 2. The van der Waals surface area contributed by atoms with Crippen LogP contribution in [0, 0.1) is 6.92 Å². The van der Waals surface area contributed by atoms with Crippen molar-refractivity contribution in [3.05, 3.63) is 45.7 Å². The van der Waals surface area contributed by atoms with E-state index in [9.17, 15) is 13.2 Å². The van der Waals surface area contributed by atoms with Crippen molar-refractivity contribution in [3.63, 3.8) is 0 Å². The lowest BCUT2D eigenvalue weighted by Gasteiger charge is -2.07. The van der Waals surface area contributed by atoms with Crippen LogP contribution in [0.5, 0.6) is 0 Å². The van der Waals surface area contributed by atoms with Crippen LogP contribution in [-0.2, 0) is 16.4 Å². The summed E-state index contributed by atoms with van der Waals surface area (Å²) in [5.74, 6) is 0.136. The third-order valence-electron chi connectivity index (χ3n) is 3.56. The van der Waals surface area contributed by atoms with Gasteiger partial charge in [-0.3, -0.25) is 4.79 Å². The van der Waals surface area contributed by atoms with E-state index in [1.54, 1.807) is 0 Å². The first kappa shape index (κ1) is 16.7. The Bertz CT molecular complexity index is 810. The number of sulfonamides is 1. The van der Waals surface area contributed by atoms with Gasteiger partial charge < -0.3 is 4.98 Å². The average Bonchev–Trinajstić information content (AvgIpc) is 2.46. The van der Waals surface area contributed by atoms with Gasteiger partial charge in [-0.2, -0.15) is 0 Å². The number of benzene rings is 1. The van der Waals surface area contributed by atoms with E-state index < -0.39 is 10.0 Å². The largest absolute Gasteiger partial charge is 0.322 e. The molecule has 1 heterocycles. The number of pyridine rings is 1. The van der Waals surface area contributed by atoms with Crippen molar-refractivity contribution < 1.29 is 8.42 Å². The third-order valence-corrected chi connectivity index (χ3v) is 5.03. The van der Waals surface area contributed by atoms with E-state index in [0.717, 1.165) is 22.9 Å². The second-order valence-corrected chi connectivity index (χ2v) is 7.46. The molecule has 2 rings (SSSR count). The molecule has 120 valence electrons. The van der Waals surface area contributed by atoms with Crippen molar-refractivity contribution in [1.29, 1.82) is 0 Å². The van der Waals surface area contributed by atoms with Crippen LogP contribution in [0.15, 0.2) is 29.1 Å². The molecule has 0 spiro atoms. The molecule has 0 fully saturated rings. The highest BCUT2D eigenvalue weighted by Gasteiger charge is 2.09. The molecule has 0 saturated heterocycles. The molecular formula is C16H22N2O3S. The van der Waals surface area contributed by atoms with E-state index in [1.807, 2.05) is 38.1 Å². The third kappa shape index (κ3) is 4.42. The van der Waals surface area contributed by atoms with E-state index in [1.165, 1.54) is 0 Å². The molecule has 0 aliphatic carbocycles. The van der Waals surface area contributed by atoms with Crippen LogP contribution in [0.3, 0.4) is 0 Å². The van der Waals surface area contributed by atoms with Crippen LogP contribution < -0.4 is 10.3 Å². The van der Waals surface area contributed by atoms with Crippen LogP contribution in [0.4, 0.5) is 0 Å². The first-order valence-electron chi connectivity index (χ1n) is 7.51. The standard InChI is InChI=1S/C16H22N2O3S/c1-3-4-9-22(20,21)17-8-7-13-11-14-10-12(2)5-6-15(14)18-16(13)19/h5-6,10-11,17H,3-4,7-9H2,1-2H3,(H,18,19). The number of aromatic amines is 1. The van der Waals surface area contributed by atoms with Gasteiger partial charge in [0, 0.05) is 17.6 Å². The summed E-state index contributed by atoms with van der Waals surface area (Å²) in [6, 6.07) is 7.66. The van der Waals surface area contributed by atoms with Gasteiger partial charge in [-0.1, -0.05) is 25.0 Å². The number of aromatic nitrogens is 1. The SMILES string of the molecule is CCCCS(=O)(=O)NCCc1cc2cc(C)ccc2[nH]c1=O. The lowest BCUT2D eigenvalue weighted by Crippen LogP contribution is -2.29. The molecular weight excluding hydrogens is 300 g/mol. The van der Waals surface area contributed by atoms with Crippen molar-refractivity contribution in [3.8, 4) is 0 Å². The predicted molar refractivity (Wildman–Crippen MR) is 89.7 cm³/mol. The Morgan fingerprint density at radius 3 is 2.73 bits per heavy atom. The summed E-state index contributed by atoms with van der Waals surface area (Å²) in [4.78, 5) is 14.8. The van der Waals surface area contributed by atoms with Crippen LogP contribution in [0.1, 0.15) is 30.9 Å². The number of aryl methyl sites for hydroxylation is 1. The van der Waals surface area contributed by atoms with Crippen molar-refractivity contribution >= 4 is 20.9 Å². The quantitative estimate of drug-likeness (QED) is 0.819. The highest BCUT2D eigenvalue weighted by molar-refractivity contribution is 7.89. The smallest absolute Gasteiger partial charge is 0.251 e. The highest BCUT2D eigenvalue weighted by atomic mass is 32.2. The van der Waals surface area contributed by atoms with Crippen LogP contribution in [0.2, 0.25) is 0 Å². The Kier molecular flexibility index (Phi) is 5.37. The first-order valence-corrected chi connectivity index (χ1v) is 9.16. The summed E-state index contributed by atoms with van der Waals surface area (Å²) in [6.07, 6.45) is 1.86. The molecule has 6 heteroatoms. The van der Waals surface area contributed by atoms with Crippen molar-refractivity contribution in [2.45, 2.75) is 33.1 Å². The molecule has 2 aromatic rings. The monoisotopic (exact) mass is 322 g/mol. The Morgan fingerprint density at radius 2 is 2.00 bits per heavy atom. The molecule has 1 aromatic carbocycles. The molecule has 2 N–H and O–H groups in total. The summed E-state index contributed by atoms with van der Waals surface area (Å²) < 4.78 is 26.0. The molecule has 0 amide bonds. The van der Waals surface area contributed by atoms with Crippen LogP contribution in [0.25, 0.3) is 10.9 Å². The minimum Gasteiger partial charge on any atom is -0.322 e. The predicted octanol–water partition coefficient (Wildman–Crippen LogP) is 2.10. The fraction of sp³-hybridized carbons (Fsp3) is 0.438. The molecule has 0 atom stereocenters. The van der Waals surface area contributed by atoms with Gasteiger partial charge in [-0.25, -0.2) is 13.1 Å². The summed E-state index contributed by atoms with van der Waals surface area (Å²) >= 11 is 0. The Hall–Kier alpha value is -1.66. The molecule has 1 aromatic heterocycles. The van der Waals surface area contributed by atoms with Gasteiger partial charge >= 0.3 is 0 Å². The summed E-state index contributed by atoms with van der Waals surface area (Å²) in [6.45, 7) is 4.19. The van der Waals surface area contributed by atoms with E-state index in [-0.39, 0.29) is 17.9 Å². The summed E-state index contributed by atoms with van der Waals surface area (Å²) in [5.41, 5.74) is 2.34. The number of nitrogens with one attached hydrogen (secondary N) is 2. The fourth-order valence-corrected chi connectivity index (χ4v) is 3.53. The number of rotatable bonds is 7. The second kappa shape index (κ2) is 7.07. The number of unbranched alkanes of at least 4 members (excludes halogenated alkanes) is 1. The Morgan fingerprint density at radius 1 is 1.23 bits per heavy atom. The molecule has 0 aliphatic rings. The molecule has 0 radical (unpaired) electrons. The van der Waals surface area contributed by atoms with E-state index >= 15 is 0 Å². The Labute approximate surface area is 130 Å². The van der Waals surface area contributed by atoms with E-state index in [0.29, 0.717) is 18.4 Å². The molecule has 0 saturated carbocycles. The first-order chi connectivity index (χ1) is 10.4. The van der Waals surface area contributed by atoms with E-state index in [4.69, 9.17) is 0 Å². The molecule has 0 aliphatic heterocycles. The molecule has 5 nitrogen and oxygen atoms in total. The number of hydrogen-bond acceptors (Lipinski definition) is 3. The molecule has 0 bridgehead atoms. The molecule has 0 unspecified atom stereocenters. The average molecular weight is 322 g/mol. The van der Waals surface area contributed by atoms with Crippen molar-refractivity contribution in [2.75, 3.05) is 12.3 Å². The lowest BCUT2D eigenvalue weighted by molar-refractivity contribution is 0.578. The maximum atomic E-state index is 12.0. The highest BCUT2D eigenvalue weighted by Crippen LogP contribution is 2.13. The van der Waals surface area contributed by atoms with Gasteiger partial charge in [0.25, 0.3) is 5.56 Å². The van der Waals surface area contributed by atoms with Gasteiger partial charge in [-0.15, -0.1) is 0 Å². The van der Waals surface area contributed by atoms with Crippen molar-refractivity contribution in [2.24, 2.45) is 0 Å². The second-order valence-electron chi connectivity index (χ2n) is 5.53. The summed E-state index contributed by atoms with van der Waals surface area (Å²) in [5, 5.41) is 0.962. The van der Waals surface area contributed by atoms with Gasteiger partial charge in [0.05, 0.1) is 5.75 Å². The molecule has 22 heavy (non-hydrogen) atoms. The van der Waals surface area contributed by atoms with Gasteiger partial charge in [0.2, 0.25) is 10.0 Å². The van der Waals surface area contributed by atoms with Gasteiger partial charge in [-0.05, 0) is 43.4 Å². The topological polar surface area (TPSA) is 79.0 Å². The maximum Gasteiger partial charge on any atom is 0.251 e. The normalized spacial score (nSPS) is 11.9. The summed E-state index contributed by atoms with van der Waals surface area (Å²) in [7, 11) is -3.24. The zero-order valence-electron chi connectivity index (χ0n) is 13.0. The van der Waals surface area contributed by atoms with Crippen LogP contribution in [-0.4, -0.2) is 25.7 Å². The Balaban J connectivity index is 2.08. The lowest BCUT2D eigenvalue weighted by atomic mass is 10.1. The van der Waals surface area contributed by atoms with E-state index in [2.05, 4.69) is 9.71 Å². The number of fused-ring (bicyclic) bond motifs is 1. The maximum absolute atomic E-state index is 12.0. The van der Waals surface area contributed by atoms with Gasteiger partial charge in [0.15, 0.2) is 0 Å². The van der Waals surface area contributed by atoms with Crippen LogP contribution >= 0.6 is 0 Å². The zero-order chi connectivity index (χ0) is 16.2. The minimum absolute atomic E-state index is 0.136. The van der Waals surface area contributed by atoms with Crippen molar-refractivity contribution in [1.82, 2.24) is 9.71 Å². The van der Waals surface area contributed by atoms with Gasteiger partial charge in [0.1, 0.15) is 0 Å². The fourth-order valence-electron chi connectivity index (χ4n) is 2.30. The zero-order valence-corrected chi connectivity index (χ0v) is 13.8. The number of H-pyrrole nitrogens is 1. The minimum atomic E-state index is -3.24.